The zero-order chi connectivity index (χ0) is 19.7. The van der Waals surface area contributed by atoms with Gasteiger partial charge in [0.05, 0.1) is 0 Å². The number of nitrogens with zero attached hydrogens (tertiary/aromatic N) is 1. The normalized spacial score (nSPS) is 14.1. The van der Waals surface area contributed by atoms with Gasteiger partial charge in [-0.1, -0.05) is 0 Å². The van der Waals surface area contributed by atoms with Crippen molar-refractivity contribution in [1.29, 1.82) is 0 Å². The van der Waals surface area contributed by atoms with Crippen molar-refractivity contribution in [2.75, 3.05) is 12.3 Å². The van der Waals surface area contributed by atoms with E-state index < -0.39 is 54.4 Å². The molecule has 25 heavy (non-hydrogen) atoms. The summed E-state index contributed by atoms with van der Waals surface area (Å²) in [6, 6.07) is -2.59. The summed E-state index contributed by atoms with van der Waals surface area (Å²) in [6.07, 6.45) is -2.10. The number of amides is 3. The molecule has 142 valence electrons. The Labute approximate surface area is 148 Å². The summed E-state index contributed by atoms with van der Waals surface area (Å²) in [5.41, 5.74) is 5.26. The van der Waals surface area contributed by atoms with Crippen LogP contribution in [-0.4, -0.2) is 80.4 Å². The Hall–Kier alpha value is -2.18. The number of aliphatic carboxylic acids is 2. The van der Waals surface area contributed by atoms with Crippen molar-refractivity contribution in [1.82, 2.24) is 10.2 Å². The van der Waals surface area contributed by atoms with Crippen LogP contribution in [0.5, 0.6) is 0 Å². The fourth-order valence-electron chi connectivity index (χ4n) is 1.68. The zero-order valence-electron chi connectivity index (χ0n) is 13.4. The van der Waals surface area contributed by atoms with Gasteiger partial charge in [-0.05, 0) is 13.3 Å². The van der Waals surface area contributed by atoms with Gasteiger partial charge < -0.3 is 26.4 Å². The lowest BCUT2D eigenvalue weighted by Gasteiger charge is -2.25. The van der Waals surface area contributed by atoms with Gasteiger partial charge in [0.15, 0.2) is 0 Å². The molecule has 0 aromatic rings. The summed E-state index contributed by atoms with van der Waals surface area (Å²) < 4.78 is 0. The maximum Gasteiger partial charge on any atom is 0.323 e. The Kier molecular flexibility index (Phi) is 9.71. The van der Waals surface area contributed by atoms with Crippen molar-refractivity contribution in [2.45, 2.75) is 38.0 Å². The SMILES string of the molecule is C[C@H](O)C(=O)N(CC(=O)O)C(=O)C(CS)NC(=O)CCC(N)C(=O)O. The summed E-state index contributed by atoms with van der Waals surface area (Å²) in [4.78, 5) is 57.5. The number of hydrogen-bond donors (Lipinski definition) is 6. The third-order valence-corrected chi connectivity index (χ3v) is 3.36. The van der Waals surface area contributed by atoms with E-state index in [2.05, 4.69) is 17.9 Å². The lowest BCUT2D eigenvalue weighted by Crippen LogP contribution is -2.54. The topological polar surface area (TPSA) is 187 Å². The Balaban J connectivity index is 5.00. The molecule has 0 aliphatic heterocycles. The minimum Gasteiger partial charge on any atom is -0.480 e. The van der Waals surface area contributed by atoms with Crippen molar-refractivity contribution in [2.24, 2.45) is 5.73 Å². The average Bonchev–Trinajstić information content (AvgIpc) is 2.53. The van der Waals surface area contributed by atoms with Crippen LogP contribution in [0.4, 0.5) is 0 Å². The van der Waals surface area contributed by atoms with Crippen molar-refractivity contribution in [3.63, 3.8) is 0 Å². The van der Waals surface area contributed by atoms with E-state index in [1.807, 2.05) is 0 Å². The van der Waals surface area contributed by atoms with Crippen molar-refractivity contribution < 1.29 is 39.3 Å². The molecular formula is C13H21N3O8S. The molecule has 0 rings (SSSR count). The van der Waals surface area contributed by atoms with Crippen LogP contribution in [0.1, 0.15) is 19.8 Å². The molecule has 0 aromatic heterocycles. The Bertz CT molecular complexity index is 539. The van der Waals surface area contributed by atoms with E-state index in [1.165, 1.54) is 0 Å². The number of carboxylic acid groups (broad SMARTS) is 2. The van der Waals surface area contributed by atoms with Gasteiger partial charge in [-0.3, -0.25) is 28.9 Å². The van der Waals surface area contributed by atoms with Crippen LogP contribution < -0.4 is 11.1 Å². The molecule has 0 saturated carbocycles. The number of imide groups is 1. The number of rotatable bonds is 10. The van der Waals surface area contributed by atoms with E-state index >= 15 is 0 Å². The van der Waals surface area contributed by atoms with Crippen LogP contribution >= 0.6 is 12.6 Å². The van der Waals surface area contributed by atoms with Gasteiger partial charge in [-0.2, -0.15) is 12.6 Å². The minimum atomic E-state index is -1.62. The van der Waals surface area contributed by atoms with Gasteiger partial charge in [-0.25, -0.2) is 0 Å². The molecule has 0 spiro atoms. The minimum absolute atomic E-state index is 0.180. The molecule has 0 radical (unpaired) electrons. The number of hydrogen-bond acceptors (Lipinski definition) is 8. The largest absolute Gasteiger partial charge is 0.480 e. The number of carbonyl (C=O) groups is 5. The first-order chi connectivity index (χ1) is 11.5. The molecule has 3 amide bonds. The molecule has 0 fully saturated rings. The molecule has 0 aliphatic carbocycles. The molecule has 2 unspecified atom stereocenters. The van der Waals surface area contributed by atoms with Gasteiger partial charge >= 0.3 is 11.9 Å². The monoisotopic (exact) mass is 379 g/mol. The van der Waals surface area contributed by atoms with Crippen molar-refractivity contribution in [3.05, 3.63) is 0 Å². The number of nitrogens with one attached hydrogen (secondary N) is 1. The third kappa shape index (κ3) is 7.96. The second-order valence-corrected chi connectivity index (χ2v) is 5.48. The lowest BCUT2D eigenvalue weighted by molar-refractivity contribution is -0.157. The smallest absolute Gasteiger partial charge is 0.323 e. The first-order valence-electron chi connectivity index (χ1n) is 7.14. The molecule has 12 heteroatoms. The van der Waals surface area contributed by atoms with Gasteiger partial charge in [0.25, 0.3) is 11.8 Å². The van der Waals surface area contributed by atoms with Crippen LogP contribution in [-0.2, 0) is 24.0 Å². The van der Waals surface area contributed by atoms with E-state index in [9.17, 15) is 29.1 Å². The second kappa shape index (κ2) is 10.6. The second-order valence-electron chi connectivity index (χ2n) is 5.12. The number of aliphatic hydroxyl groups excluding tert-OH is 1. The van der Waals surface area contributed by atoms with Crippen molar-refractivity contribution in [3.8, 4) is 0 Å². The maximum atomic E-state index is 12.3. The molecule has 0 heterocycles. The number of carboxylic acids is 2. The summed E-state index contributed by atoms with van der Waals surface area (Å²) in [7, 11) is 0. The van der Waals surface area contributed by atoms with Crippen molar-refractivity contribution >= 4 is 42.3 Å². The molecule has 0 aromatic carbocycles. The molecular weight excluding hydrogens is 358 g/mol. The summed E-state index contributed by atoms with van der Waals surface area (Å²) in [5, 5.41) is 28.9. The number of carbonyl (C=O) groups excluding carboxylic acids is 3. The predicted octanol–water partition coefficient (Wildman–Crippen LogP) is -2.59. The molecule has 6 N–H and O–H groups in total. The van der Waals surface area contributed by atoms with Gasteiger partial charge in [-0.15, -0.1) is 0 Å². The summed E-state index contributed by atoms with van der Waals surface area (Å²) in [6.45, 7) is 0.0681. The Morgan fingerprint density at radius 3 is 2.12 bits per heavy atom. The van der Waals surface area contributed by atoms with E-state index in [1.54, 1.807) is 0 Å². The highest BCUT2D eigenvalue weighted by Crippen LogP contribution is 2.04. The van der Waals surface area contributed by atoms with E-state index in [0.29, 0.717) is 4.90 Å². The molecule has 0 bridgehead atoms. The van der Waals surface area contributed by atoms with Crippen LogP contribution in [0.15, 0.2) is 0 Å². The fraction of sp³-hybridized carbons (Fsp3) is 0.615. The Morgan fingerprint density at radius 1 is 1.16 bits per heavy atom. The maximum absolute atomic E-state index is 12.3. The highest BCUT2D eigenvalue weighted by Gasteiger charge is 2.32. The standard InChI is InChI=1S/C13H21N3O8S/c1-6(17)11(21)16(4-10(19)20)12(22)8(5-25)15-9(18)3-2-7(14)13(23)24/h6-8,17,25H,2-5,14H2,1H3,(H,15,18)(H,19,20)(H,23,24)/t6-,7?,8?/m0/s1. The summed E-state index contributed by atoms with van der Waals surface area (Å²) >= 11 is 3.87. The first-order valence-corrected chi connectivity index (χ1v) is 7.78. The molecule has 0 aliphatic rings. The van der Waals surface area contributed by atoms with Gasteiger partial charge in [0.2, 0.25) is 5.91 Å². The van der Waals surface area contributed by atoms with Crippen LogP contribution in [0.3, 0.4) is 0 Å². The first kappa shape index (κ1) is 22.8. The van der Waals surface area contributed by atoms with Gasteiger partial charge in [0, 0.05) is 12.2 Å². The van der Waals surface area contributed by atoms with Gasteiger partial charge in [0.1, 0.15) is 24.7 Å². The highest BCUT2D eigenvalue weighted by molar-refractivity contribution is 7.80. The van der Waals surface area contributed by atoms with E-state index in [-0.39, 0.29) is 18.6 Å². The lowest BCUT2D eigenvalue weighted by atomic mass is 10.1. The average molecular weight is 379 g/mol. The molecule has 0 saturated heterocycles. The third-order valence-electron chi connectivity index (χ3n) is 3.00. The number of aliphatic hydroxyl groups is 1. The molecule has 3 atom stereocenters. The fourth-order valence-corrected chi connectivity index (χ4v) is 1.92. The predicted molar refractivity (Wildman–Crippen MR) is 86.7 cm³/mol. The van der Waals surface area contributed by atoms with Crippen LogP contribution in [0, 0.1) is 0 Å². The van der Waals surface area contributed by atoms with Crippen LogP contribution in [0.2, 0.25) is 0 Å². The number of thiol groups is 1. The summed E-state index contributed by atoms with van der Waals surface area (Å²) in [5.74, 6) is -5.94. The van der Waals surface area contributed by atoms with E-state index in [4.69, 9.17) is 15.9 Å². The quantitative estimate of drug-likeness (QED) is 0.221. The highest BCUT2D eigenvalue weighted by atomic mass is 32.1. The zero-order valence-corrected chi connectivity index (χ0v) is 14.3. The molecule has 11 nitrogen and oxygen atoms in total. The van der Waals surface area contributed by atoms with Crippen LogP contribution in [0.25, 0.3) is 0 Å². The van der Waals surface area contributed by atoms with E-state index in [0.717, 1.165) is 6.92 Å². The Morgan fingerprint density at radius 2 is 1.72 bits per heavy atom. The number of nitrogens with two attached hydrogens (primary N) is 1.